The molecule has 4 nitrogen and oxygen atoms in total. The van der Waals surface area contributed by atoms with Gasteiger partial charge in [-0.3, -0.25) is 4.79 Å². The maximum Gasteiger partial charge on any atom is 0.372 e. The number of hydrogen-bond acceptors (Lipinski definition) is 3. The zero-order chi connectivity index (χ0) is 11.7. The van der Waals surface area contributed by atoms with Crippen molar-refractivity contribution in [3.63, 3.8) is 0 Å². The van der Waals surface area contributed by atoms with Crippen LogP contribution < -0.4 is 0 Å². The number of para-hydroxylation sites is 1. The molecule has 0 aliphatic rings. The molecule has 0 unspecified atom stereocenters. The third kappa shape index (κ3) is 1.48. The van der Waals surface area contributed by atoms with Crippen molar-refractivity contribution in [3.05, 3.63) is 35.6 Å². The van der Waals surface area contributed by atoms with Crippen molar-refractivity contribution in [2.45, 2.75) is 13.3 Å². The van der Waals surface area contributed by atoms with Crippen LogP contribution in [0.5, 0.6) is 0 Å². The Morgan fingerprint density at radius 3 is 2.62 bits per heavy atom. The summed E-state index contributed by atoms with van der Waals surface area (Å²) in [5.41, 5.74) is 0.599. The van der Waals surface area contributed by atoms with Gasteiger partial charge in [0.2, 0.25) is 5.76 Å². The lowest BCUT2D eigenvalue weighted by atomic mass is 10.0. The van der Waals surface area contributed by atoms with E-state index in [0.29, 0.717) is 11.0 Å². The van der Waals surface area contributed by atoms with E-state index in [4.69, 9.17) is 9.52 Å². The summed E-state index contributed by atoms with van der Waals surface area (Å²) in [7, 11) is 0. The maximum absolute atomic E-state index is 11.7. The van der Waals surface area contributed by atoms with Crippen LogP contribution in [0.1, 0.15) is 34.3 Å². The Bertz CT molecular complexity index is 565. The molecule has 0 spiro atoms. The number of carboxylic acids is 1. The quantitative estimate of drug-likeness (QED) is 0.804. The lowest BCUT2D eigenvalue weighted by Crippen LogP contribution is -2.04. The molecule has 0 saturated heterocycles. The topological polar surface area (TPSA) is 67.5 Å². The normalized spacial score (nSPS) is 10.6. The second-order valence-electron chi connectivity index (χ2n) is 3.38. The minimum Gasteiger partial charge on any atom is -0.475 e. The number of ketones is 1. The molecule has 16 heavy (non-hydrogen) atoms. The van der Waals surface area contributed by atoms with Crippen LogP contribution in [0.2, 0.25) is 0 Å². The molecule has 1 aromatic heterocycles. The summed E-state index contributed by atoms with van der Waals surface area (Å²) < 4.78 is 5.16. The van der Waals surface area contributed by atoms with Gasteiger partial charge in [0.1, 0.15) is 5.58 Å². The third-order valence-electron chi connectivity index (χ3n) is 2.39. The van der Waals surface area contributed by atoms with Crippen molar-refractivity contribution in [1.82, 2.24) is 0 Å². The molecule has 0 saturated carbocycles. The summed E-state index contributed by atoms with van der Waals surface area (Å²) in [5, 5.41) is 9.53. The predicted molar refractivity (Wildman–Crippen MR) is 57.8 cm³/mol. The van der Waals surface area contributed by atoms with E-state index in [1.165, 1.54) is 0 Å². The van der Waals surface area contributed by atoms with Gasteiger partial charge in [-0.05, 0) is 6.07 Å². The van der Waals surface area contributed by atoms with Gasteiger partial charge in [0.15, 0.2) is 5.78 Å². The molecule has 1 aromatic carbocycles. The molecule has 0 atom stereocenters. The van der Waals surface area contributed by atoms with Gasteiger partial charge >= 0.3 is 5.97 Å². The van der Waals surface area contributed by atoms with Gasteiger partial charge in [-0.1, -0.05) is 25.1 Å². The molecular weight excluding hydrogens is 208 g/mol. The fourth-order valence-corrected chi connectivity index (χ4v) is 1.65. The second kappa shape index (κ2) is 3.81. The van der Waals surface area contributed by atoms with Crippen molar-refractivity contribution < 1.29 is 19.1 Å². The molecule has 82 valence electrons. The van der Waals surface area contributed by atoms with E-state index in [-0.39, 0.29) is 23.5 Å². The van der Waals surface area contributed by atoms with E-state index in [2.05, 4.69) is 0 Å². The standard InChI is InChI=1S/C12H10O4/c1-2-8(13)10-7-5-3-4-6-9(7)16-11(10)12(14)15/h3-6H,2H2,1H3,(H,14,15). The number of benzene rings is 1. The zero-order valence-electron chi connectivity index (χ0n) is 8.69. The van der Waals surface area contributed by atoms with Crippen LogP contribution in [-0.2, 0) is 0 Å². The summed E-state index contributed by atoms with van der Waals surface area (Å²) in [4.78, 5) is 22.7. The highest BCUT2D eigenvalue weighted by molar-refractivity contribution is 6.13. The van der Waals surface area contributed by atoms with Gasteiger partial charge in [-0.15, -0.1) is 0 Å². The van der Waals surface area contributed by atoms with E-state index in [1.807, 2.05) is 0 Å². The van der Waals surface area contributed by atoms with Crippen LogP contribution in [0.4, 0.5) is 0 Å². The third-order valence-corrected chi connectivity index (χ3v) is 2.39. The number of hydrogen-bond donors (Lipinski definition) is 1. The van der Waals surface area contributed by atoms with E-state index < -0.39 is 5.97 Å². The lowest BCUT2D eigenvalue weighted by molar-refractivity contribution is 0.0659. The van der Waals surface area contributed by atoms with Gasteiger partial charge in [0, 0.05) is 11.8 Å². The van der Waals surface area contributed by atoms with E-state index in [1.54, 1.807) is 31.2 Å². The first-order valence-electron chi connectivity index (χ1n) is 4.93. The summed E-state index contributed by atoms with van der Waals surface area (Å²) in [6, 6.07) is 6.82. The molecule has 0 amide bonds. The first-order chi connectivity index (χ1) is 7.65. The number of carbonyl (C=O) groups excluding carboxylic acids is 1. The van der Waals surface area contributed by atoms with Crippen molar-refractivity contribution >= 4 is 22.7 Å². The molecular formula is C12H10O4. The van der Waals surface area contributed by atoms with E-state index in [9.17, 15) is 9.59 Å². The molecule has 2 rings (SSSR count). The van der Waals surface area contributed by atoms with Gasteiger partial charge in [-0.25, -0.2) is 4.79 Å². The highest BCUT2D eigenvalue weighted by Crippen LogP contribution is 2.26. The summed E-state index contributed by atoms with van der Waals surface area (Å²) in [5.74, 6) is -1.71. The number of fused-ring (bicyclic) bond motifs is 1. The second-order valence-corrected chi connectivity index (χ2v) is 3.38. The molecule has 1 N–H and O–H groups in total. The van der Waals surface area contributed by atoms with Crippen LogP contribution in [0.15, 0.2) is 28.7 Å². The first kappa shape index (κ1) is 10.4. The smallest absolute Gasteiger partial charge is 0.372 e. The number of Topliss-reactive ketones (excluding diaryl/α,β-unsaturated/α-hetero) is 1. The number of aromatic carboxylic acids is 1. The lowest BCUT2D eigenvalue weighted by Gasteiger charge is -1.95. The monoisotopic (exact) mass is 218 g/mol. The van der Waals surface area contributed by atoms with Crippen LogP contribution in [0.3, 0.4) is 0 Å². The highest BCUT2D eigenvalue weighted by Gasteiger charge is 2.23. The van der Waals surface area contributed by atoms with Crippen LogP contribution in [0.25, 0.3) is 11.0 Å². The molecule has 0 aliphatic carbocycles. The molecule has 0 bridgehead atoms. The minimum absolute atomic E-state index is 0.172. The number of furan rings is 1. The maximum atomic E-state index is 11.7. The van der Waals surface area contributed by atoms with Gasteiger partial charge in [0.05, 0.1) is 5.56 Å². The average molecular weight is 218 g/mol. The number of rotatable bonds is 3. The van der Waals surface area contributed by atoms with Crippen molar-refractivity contribution in [3.8, 4) is 0 Å². The SMILES string of the molecule is CCC(=O)c1c(C(=O)O)oc2ccccc12. The largest absolute Gasteiger partial charge is 0.475 e. The average Bonchev–Trinajstić information content (AvgIpc) is 2.67. The molecule has 1 heterocycles. The van der Waals surface area contributed by atoms with E-state index in [0.717, 1.165) is 0 Å². The summed E-state index contributed by atoms with van der Waals surface area (Å²) >= 11 is 0. The van der Waals surface area contributed by atoms with Crippen LogP contribution in [-0.4, -0.2) is 16.9 Å². The fraction of sp³-hybridized carbons (Fsp3) is 0.167. The van der Waals surface area contributed by atoms with Gasteiger partial charge < -0.3 is 9.52 Å². The fourth-order valence-electron chi connectivity index (χ4n) is 1.65. The molecule has 4 heteroatoms. The molecule has 0 radical (unpaired) electrons. The first-order valence-corrected chi connectivity index (χ1v) is 4.93. The number of carbonyl (C=O) groups is 2. The highest BCUT2D eigenvalue weighted by atomic mass is 16.4. The van der Waals surface area contributed by atoms with Crippen molar-refractivity contribution in [2.75, 3.05) is 0 Å². The Morgan fingerprint density at radius 1 is 1.31 bits per heavy atom. The van der Waals surface area contributed by atoms with Gasteiger partial charge in [0.25, 0.3) is 0 Å². The molecule has 0 aliphatic heterocycles. The Labute approximate surface area is 91.5 Å². The summed E-state index contributed by atoms with van der Waals surface area (Å²) in [6.45, 7) is 1.69. The zero-order valence-corrected chi connectivity index (χ0v) is 8.69. The molecule has 2 aromatic rings. The van der Waals surface area contributed by atoms with E-state index >= 15 is 0 Å². The van der Waals surface area contributed by atoms with Gasteiger partial charge in [-0.2, -0.15) is 0 Å². The Morgan fingerprint density at radius 2 is 2.00 bits per heavy atom. The predicted octanol–water partition coefficient (Wildman–Crippen LogP) is 2.72. The minimum atomic E-state index is -1.21. The number of carboxylic acid groups (broad SMARTS) is 1. The van der Waals surface area contributed by atoms with Crippen molar-refractivity contribution in [2.24, 2.45) is 0 Å². The summed E-state index contributed by atoms with van der Waals surface area (Å²) in [6.07, 6.45) is 0.254. The van der Waals surface area contributed by atoms with Crippen LogP contribution in [0, 0.1) is 0 Å². The Balaban J connectivity index is 2.79. The Hall–Kier alpha value is -2.10. The van der Waals surface area contributed by atoms with Crippen LogP contribution >= 0.6 is 0 Å². The van der Waals surface area contributed by atoms with Crippen molar-refractivity contribution in [1.29, 1.82) is 0 Å². The molecule has 0 fully saturated rings. The Kier molecular flexibility index (Phi) is 2.48.